The van der Waals surface area contributed by atoms with Crippen LogP contribution in [0, 0.1) is 5.41 Å². The monoisotopic (exact) mass is 216 g/mol. The number of carbonyl (C=O) groups is 4. The van der Waals surface area contributed by atoms with E-state index in [4.69, 9.17) is 0 Å². The van der Waals surface area contributed by atoms with Gasteiger partial charge in [0.05, 0.1) is 14.2 Å². The maximum absolute atomic E-state index is 11.4. The van der Waals surface area contributed by atoms with Gasteiger partial charge in [-0.3, -0.25) is 9.59 Å². The summed E-state index contributed by atoms with van der Waals surface area (Å²) in [6.07, 6.45) is -0.134. The summed E-state index contributed by atoms with van der Waals surface area (Å²) in [6.45, 7) is 0. The molecule has 0 bridgehead atoms. The third-order valence-electron chi connectivity index (χ3n) is 2.02. The second-order valence-corrected chi connectivity index (χ2v) is 2.81. The summed E-state index contributed by atoms with van der Waals surface area (Å²) in [5.74, 6) is -1.90. The molecule has 0 aromatic carbocycles. The topological polar surface area (TPSA) is 86.7 Å². The number of hydrogen-bond acceptors (Lipinski definition) is 6. The summed E-state index contributed by atoms with van der Waals surface area (Å²) >= 11 is 0. The zero-order valence-corrected chi connectivity index (χ0v) is 8.52. The van der Waals surface area contributed by atoms with Crippen molar-refractivity contribution in [3.63, 3.8) is 0 Å². The van der Waals surface area contributed by atoms with E-state index in [9.17, 15) is 19.2 Å². The minimum absolute atomic E-state index is 0.372. The molecular formula is C9H12O6. The molecule has 0 N–H and O–H groups in total. The fourth-order valence-corrected chi connectivity index (χ4v) is 1.18. The van der Waals surface area contributed by atoms with Crippen LogP contribution in [0.1, 0.15) is 12.8 Å². The average Bonchev–Trinajstić information content (AvgIpc) is 2.26. The Balaban J connectivity index is 5.22. The third-order valence-corrected chi connectivity index (χ3v) is 2.02. The molecule has 0 aliphatic rings. The second-order valence-electron chi connectivity index (χ2n) is 2.81. The van der Waals surface area contributed by atoms with Gasteiger partial charge >= 0.3 is 11.9 Å². The summed E-state index contributed by atoms with van der Waals surface area (Å²) in [4.78, 5) is 43.6. The molecule has 6 nitrogen and oxygen atoms in total. The molecule has 84 valence electrons. The van der Waals surface area contributed by atoms with E-state index in [1.807, 2.05) is 0 Å². The Morgan fingerprint density at radius 2 is 1.33 bits per heavy atom. The van der Waals surface area contributed by atoms with Crippen LogP contribution >= 0.6 is 0 Å². The van der Waals surface area contributed by atoms with Gasteiger partial charge in [0.2, 0.25) is 0 Å². The van der Waals surface area contributed by atoms with Gasteiger partial charge in [-0.2, -0.15) is 0 Å². The molecule has 0 aromatic rings. The number of rotatable bonds is 6. The van der Waals surface area contributed by atoms with E-state index in [1.165, 1.54) is 0 Å². The molecule has 0 saturated carbocycles. The normalized spacial score (nSPS) is 10.3. The number of ether oxygens (including phenoxy) is 2. The van der Waals surface area contributed by atoms with Crippen LogP contribution in [0.5, 0.6) is 0 Å². The first-order valence-corrected chi connectivity index (χ1v) is 4.13. The Kier molecular flexibility index (Phi) is 5.22. The van der Waals surface area contributed by atoms with Crippen molar-refractivity contribution in [3.8, 4) is 0 Å². The molecule has 15 heavy (non-hydrogen) atoms. The van der Waals surface area contributed by atoms with E-state index < -0.39 is 30.2 Å². The number of aldehydes is 2. The first-order chi connectivity index (χ1) is 7.08. The zero-order chi connectivity index (χ0) is 11.9. The van der Waals surface area contributed by atoms with Crippen molar-refractivity contribution in [2.24, 2.45) is 5.41 Å². The number of esters is 2. The van der Waals surface area contributed by atoms with E-state index in [-0.39, 0.29) is 0 Å². The fraction of sp³-hybridized carbons (Fsp3) is 0.556. The van der Waals surface area contributed by atoms with Gasteiger partial charge in [-0.05, 0) is 0 Å². The molecule has 0 aliphatic carbocycles. The largest absolute Gasteiger partial charge is 0.468 e. The Hall–Kier alpha value is -1.72. The van der Waals surface area contributed by atoms with Crippen molar-refractivity contribution >= 4 is 24.5 Å². The predicted molar refractivity (Wildman–Crippen MR) is 47.8 cm³/mol. The minimum atomic E-state index is -1.84. The van der Waals surface area contributed by atoms with E-state index in [0.29, 0.717) is 12.6 Å². The lowest BCUT2D eigenvalue weighted by atomic mass is 9.82. The van der Waals surface area contributed by atoms with Crippen LogP contribution in [0.2, 0.25) is 0 Å². The van der Waals surface area contributed by atoms with Gasteiger partial charge in [0, 0.05) is 12.8 Å². The minimum Gasteiger partial charge on any atom is -0.468 e. The lowest BCUT2D eigenvalue weighted by Gasteiger charge is -2.23. The van der Waals surface area contributed by atoms with Gasteiger partial charge in [-0.25, -0.2) is 0 Å². The molecular weight excluding hydrogens is 204 g/mol. The fourth-order valence-electron chi connectivity index (χ4n) is 1.18. The van der Waals surface area contributed by atoms with Crippen molar-refractivity contribution in [2.45, 2.75) is 12.8 Å². The van der Waals surface area contributed by atoms with Crippen LogP contribution in [0.4, 0.5) is 0 Å². The number of carbonyl (C=O) groups excluding carboxylic acids is 4. The predicted octanol–water partition coefficient (Wildman–Crippen LogP) is -0.503. The van der Waals surface area contributed by atoms with Gasteiger partial charge in [-0.1, -0.05) is 0 Å². The van der Waals surface area contributed by atoms with E-state index in [1.54, 1.807) is 0 Å². The highest BCUT2D eigenvalue weighted by molar-refractivity contribution is 6.03. The molecule has 0 heterocycles. The molecule has 0 radical (unpaired) electrons. The van der Waals surface area contributed by atoms with Crippen molar-refractivity contribution in [3.05, 3.63) is 0 Å². The summed E-state index contributed by atoms with van der Waals surface area (Å²) in [5, 5.41) is 0. The summed E-state index contributed by atoms with van der Waals surface area (Å²) in [5.41, 5.74) is -1.84. The summed E-state index contributed by atoms with van der Waals surface area (Å²) in [7, 11) is 2.13. The van der Waals surface area contributed by atoms with Crippen LogP contribution in [0.15, 0.2) is 0 Å². The van der Waals surface area contributed by atoms with Gasteiger partial charge in [0.1, 0.15) is 12.6 Å². The highest BCUT2D eigenvalue weighted by Crippen LogP contribution is 2.28. The van der Waals surface area contributed by atoms with E-state index in [2.05, 4.69) is 9.47 Å². The molecule has 0 saturated heterocycles. The second kappa shape index (κ2) is 5.90. The van der Waals surface area contributed by atoms with Crippen LogP contribution in [-0.4, -0.2) is 38.7 Å². The highest BCUT2D eigenvalue weighted by Gasteiger charge is 2.47. The summed E-state index contributed by atoms with van der Waals surface area (Å²) in [6, 6.07) is 0. The van der Waals surface area contributed by atoms with Crippen molar-refractivity contribution in [1.29, 1.82) is 0 Å². The van der Waals surface area contributed by atoms with Crippen molar-refractivity contribution < 1.29 is 28.7 Å². The standard InChI is InChI=1S/C9H12O6/c1-14-7(12)9(3-5-10,4-6-11)8(13)15-2/h5-6H,3-4H2,1-2H3. The Bertz CT molecular complexity index is 242. The molecule has 0 unspecified atom stereocenters. The molecule has 6 heteroatoms. The molecule has 0 fully saturated rings. The first-order valence-electron chi connectivity index (χ1n) is 4.13. The van der Waals surface area contributed by atoms with Gasteiger partial charge in [-0.15, -0.1) is 0 Å². The van der Waals surface area contributed by atoms with Gasteiger partial charge in [0.25, 0.3) is 0 Å². The Morgan fingerprint density at radius 3 is 1.53 bits per heavy atom. The maximum Gasteiger partial charge on any atom is 0.324 e. The van der Waals surface area contributed by atoms with E-state index in [0.717, 1.165) is 14.2 Å². The van der Waals surface area contributed by atoms with Crippen molar-refractivity contribution in [1.82, 2.24) is 0 Å². The van der Waals surface area contributed by atoms with Crippen LogP contribution in [-0.2, 0) is 28.7 Å². The van der Waals surface area contributed by atoms with Crippen molar-refractivity contribution in [2.75, 3.05) is 14.2 Å². The number of methoxy groups -OCH3 is 2. The van der Waals surface area contributed by atoms with Gasteiger partial charge < -0.3 is 19.1 Å². The number of hydrogen-bond donors (Lipinski definition) is 0. The molecule has 0 spiro atoms. The third kappa shape index (κ3) is 2.61. The average molecular weight is 216 g/mol. The smallest absolute Gasteiger partial charge is 0.324 e. The van der Waals surface area contributed by atoms with Crippen LogP contribution in [0.25, 0.3) is 0 Å². The molecule has 0 aliphatic heterocycles. The highest BCUT2D eigenvalue weighted by atomic mass is 16.5. The lowest BCUT2D eigenvalue weighted by Crippen LogP contribution is -2.42. The first kappa shape index (κ1) is 13.3. The molecule has 0 rings (SSSR count). The quantitative estimate of drug-likeness (QED) is 0.338. The maximum atomic E-state index is 11.4. The van der Waals surface area contributed by atoms with Crippen LogP contribution in [0.3, 0.4) is 0 Å². The van der Waals surface area contributed by atoms with Crippen LogP contribution < -0.4 is 0 Å². The Labute approximate surface area is 86.5 Å². The SMILES string of the molecule is COC(=O)C(CC=O)(CC=O)C(=O)OC. The van der Waals surface area contributed by atoms with E-state index >= 15 is 0 Å². The molecule has 0 amide bonds. The zero-order valence-electron chi connectivity index (χ0n) is 8.52. The lowest BCUT2D eigenvalue weighted by molar-refractivity contribution is -0.171. The molecule has 0 aromatic heterocycles. The Morgan fingerprint density at radius 1 is 1.00 bits per heavy atom. The van der Waals surface area contributed by atoms with Gasteiger partial charge in [0.15, 0.2) is 5.41 Å². The summed E-state index contributed by atoms with van der Waals surface area (Å²) < 4.78 is 8.77. The molecule has 0 atom stereocenters.